The Morgan fingerprint density at radius 3 is 2.34 bits per heavy atom. The van der Waals surface area contributed by atoms with Gasteiger partial charge in [0, 0.05) is 11.3 Å². The number of benzene rings is 2. The van der Waals surface area contributed by atoms with Crippen LogP contribution in [-0.4, -0.2) is 19.9 Å². The maximum Gasteiger partial charge on any atom is 0.278 e. The lowest BCUT2D eigenvalue weighted by Crippen LogP contribution is -2.08. The van der Waals surface area contributed by atoms with Gasteiger partial charge in [-0.05, 0) is 44.9 Å². The van der Waals surface area contributed by atoms with Crippen molar-refractivity contribution >= 4 is 0 Å². The molecule has 0 saturated carbocycles. The van der Waals surface area contributed by atoms with Gasteiger partial charge in [0.15, 0.2) is 5.69 Å². The number of aryl methyl sites for hydroxylation is 2. The van der Waals surface area contributed by atoms with Crippen molar-refractivity contribution in [2.75, 3.05) is 0 Å². The van der Waals surface area contributed by atoms with E-state index in [4.69, 9.17) is 4.52 Å². The smallest absolute Gasteiger partial charge is 0.278 e. The second-order valence-corrected chi connectivity index (χ2v) is 7.79. The van der Waals surface area contributed by atoms with Crippen LogP contribution in [0.5, 0.6) is 0 Å². The molecular weight excluding hydrogens is 367 g/mol. The van der Waals surface area contributed by atoms with Crippen LogP contribution in [0, 0.1) is 13.8 Å². The molecule has 0 aliphatic heterocycles. The first kappa shape index (κ1) is 19.1. The Hall–Kier alpha value is -3.28. The van der Waals surface area contributed by atoms with Gasteiger partial charge < -0.3 is 4.52 Å². The third kappa shape index (κ3) is 4.11. The van der Waals surface area contributed by atoms with Crippen LogP contribution in [0.25, 0.3) is 23.0 Å². The highest BCUT2D eigenvalue weighted by Crippen LogP contribution is 2.27. The topological polar surface area (TPSA) is 56.7 Å². The van der Waals surface area contributed by atoms with Crippen molar-refractivity contribution in [1.82, 2.24) is 19.9 Å². The fourth-order valence-electron chi connectivity index (χ4n) is 3.10. The molecule has 0 fully saturated rings. The van der Waals surface area contributed by atoms with Gasteiger partial charge in [-0.3, -0.25) is 4.68 Å². The molecule has 0 aliphatic rings. The SMILES string of the molecule is Cc1ccc(Cn2nc(-c3nc(-c4ccc(C(C)(C)F)cc4)no3)cc2C)cc1. The van der Waals surface area contributed by atoms with Gasteiger partial charge in [-0.1, -0.05) is 59.3 Å². The van der Waals surface area contributed by atoms with Crippen LogP contribution in [0.15, 0.2) is 59.1 Å². The Labute approximate surface area is 169 Å². The molecular formula is C23H23FN4O. The first-order valence-corrected chi connectivity index (χ1v) is 9.53. The molecule has 0 spiro atoms. The van der Waals surface area contributed by atoms with Crippen LogP contribution in [0.1, 0.15) is 36.2 Å². The van der Waals surface area contributed by atoms with Gasteiger partial charge in [0.05, 0.1) is 6.54 Å². The second kappa shape index (κ2) is 7.28. The van der Waals surface area contributed by atoms with E-state index < -0.39 is 5.67 Å². The van der Waals surface area contributed by atoms with Crippen molar-refractivity contribution in [3.8, 4) is 23.0 Å². The van der Waals surface area contributed by atoms with E-state index in [0.29, 0.717) is 29.5 Å². The highest BCUT2D eigenvalue weighted by Gasteiger charge is 2.19. The van der Waals surface area contributed by atoms with Gasteiger partial charge in [0.2, 0.25) is 5.82 Å². The fourth-order valence-corrected chi connectivity index (χ4v) is 3.10. The van der Waals surface area contributed by atoms with Crippen LogP contribution in [0.4, 0.5) is 4.39 Å². The third-order valence-corrected chi connectivity index (χ3v) is 4.91. The monoisotopic (exact) mass is 390 g/mol. The molecule has 4 aromatic rings. The lowest BCUT2D eigenvalue weighted by Gasteiger charge is -2.14. The molecule has 4 rings (SSSR count). The van der Waals surface area contributed by atoms with Crippen molar-refractivity contribution in [3.05, 3.63) is 77.0 Å². The summed E-state index contributed by atoms with van der Waals surface area (Å²) in [5.41, 5.74) is 4.04. The molecule has 29 heavy (non-hydrogen) atoms. The Kier molecular flexibility index (Phi) is 4.78. The predicted octanol–water partition coefficient (Wildman–Crippen LogP) is 5.47. The maximum absolute atomic E-state index is 14.0. The Morgan fingerprint density at radius 2 is 1.69 bits per heavy atom. The van der Waals surface area contributed by atoms with Crippen molar-refractivity contribution in [2.24, 2.45) is 0 Å². The van der Waals surface area contributed by atoms with E-state index in [1.165, 1.54) is 25.0 Å². The van der Waals surface area contributed by atoms with Crippen molar-refractivity contribution in [2.45, 2.75) is 39.9 Å². The van der Waals surface area contributed by atoms with Gasteiger partial charge in [0.25, 0.3) is 5.89 Å². The Balaban J connectivity index is 1.56. The van der Waals surface area contributed by atoms with E-state index in [-0.39, 0.29) is 0 Å². The first-order chi connectivity index (χ1) is 13.8. The number of aromatic nitrogens is 4. The van der Waals surface area contributed by atoms with Crippen LogP contribution >= 0.6 is 0 Å². The molecule has 6 heteroatoms. The van der Waals surface area contributed by atoms with Crippen LogP contribution < -0.4 is 0 Å². The lowest BCUT2D eigenvalue weighted by atomic mass is 9.99. The number of hydrogen-bond donors (Lipinski definition) is 0. The van der Waals surface area contributed by atoms with Crippen molar-refractivity contribution in [1.29, 1.82) is 0 Å². The van der Waals surface area contributed by atoms with E-state index in [0.717, 1.165) is 11.3 Å². The minimum atomic E-state index is -1.39. The van der Waals surface area contributed by atoms with E-state index in [2.05, 4.69) is 46.4 Å². The summed E-state index contributed by atoms with van der Waals surface area (Å²) < 4.78 is 21.4. The van der Waals surface area contributed by atoms with Gasteiger partial charge in [-0.15, -0.1) is 0 Å². The molecule has 5 nitrogen and oxygen atoms in total. The zero-order valence-electron chi connectivity index (χ0n) is 17.0. The highest BCUT2D eigenvalue weighted by molar-refractivity contribution is 5.58. The molecule has 2 heterocycles. The zero-order chi connectivity index (χ0) is 20.6. The summed E-state index contributed by atoms with van der Waals surface area (Å²) >= 11 is 0. The van der Waals surface area contributed by atoms with Crippen LogP contribution in [0.2, 0.25) is 0 Å². The predicted molar refractivity (Wildman–Crippen MR) is 110 cm³/mol. The van der Waals surface area contributed by atoms with Gasteiger partial charge >= 0.3 is 0 Å². The molecule has 2 aromatic carbocycles. The third-order valence-electron chi connectivity index (χ3n) is 4.91. The number of hydrogen-bond acceptors (Lipinski definition) is 4. The average molecular weight is 390 g/mol. The minimum Gasteiger partial charge on any atom is -0.332 e. The van der Waals surface area contributed by atoms with Gasteiger partial charge in [0.1, 0.15) is 5.67 Å². The Morgan fingerprint density at radius 1 is 1.00 bits per heavy atom. The summed E-state index contributed by atoms with van der Waals surface area (Å²) in [4.78, 5) is 4.47. The molecule has 0 bridgehead atoms. The molecule has 0 aliphatic carbocycles. The van der Waals surface area contributed by atoms with Crippen molar-refractivity contribution in [3.63, 3.8) is 0 Å². The maximum atomic E-state index is 14.0. The summed E-state index contributed by atoms with van der Waals surface area (Å²) in [5, 5.41) is 8.68. The molecule has 2 aromatic heterocycles. The normalized spacial score (nSPS) is 11.8. The Bertz CT molecular complexity index is 1120. The number of halogens is 1. The average Bonchev–Trinajstić information content (AvgIpc) is 3.30. The van der Waals surface area contributed by atoms with Crippen LogP contribution in [-0.2, 0) is 12.2 Å². The van der Waals surface area contributed by atoms with Gasteiger partial charge in [-0.2, -0.15) is 10.1 Å². The number of nitrogens with zero attached hydrogens (tertiary/aromatic N) is 4. The van der Waals surface area contributed by atoms with E-state index in [9.17, 15) is 4.39 Å². The molecule has 0 N–H and O–H groups in total. The summed E-state index contributed by atoms with van der Waals surface area (Å²) in [5.74, 6) is 0.814. The largest absolute Gasteiger partial charge is 0.332 e. The second-order valence-electron chi connectivity index (χ2n) is 7.79. The standard InChI is InChI=1S/C23H23FN4O/c1-15-5-7-17(8-6-15)14-28-16(2)13-20(26-28)22-25-21(27-29-22)18-9-11-19(12-10-18)23(3,4)24/h5-13H,14H2,1-4H3. The quantitative estimate of drug-likeness (QED) is 0.453. The minimum absolute atomic E-state index is 0.362. The fraction of sp³-hybridized carbons (Fsp3) is 0.261. The zero-order valence-corrected chi connectivity index (χ0v) is 17.0. The lowest BCUT2D eigenvalue weighted by molar-refractivity contribution is 0.221. The molecule has 0 atom stereocenters. The van der Waals surface area contributed by atoms with Crippen LogP contribution in [0.3, 0.4) is 0 Å². The van der Waals surface area contributed by atoms with Gasteiger partial charge in [-0.25, -0.2) is 4.39 Å². The first-order valence-electron chi connectivity index (χ1n) is 9.53. The number of rotatable bonds is 5. The highest BCUT2D eigenvalue weighted by atomic mass is 19.1. The number of alkyl halides is 1. The summed E-state index contributed by atoms with van der Waals surface area (Å²) in [6, 6.07) is 17.4. The molecule has 0 radical (unpaired) electrons. The molecule has 148 valence electrons. The van der Waals surface area contributed by atoms with Crippen molar-refractivity contribution < 1.29 is 8.91 Å². The summed E-state index contributed by atoms with van der Waals surface area (Å²) in [6.07, 6.45) is 0. The summed E-state index contributed by atoms with van der Waals surface area (Å²) in [7, 11) is 0. The molecule has 0 unspecified atom stereocenters. The van der Waals surface area contributed by atoms with E-state index in [1.807, 2.05) is 17.7 Å². The molecule has 0 saturated heterocycles. The summed E-state index contributed by atoms with van der Waals surface area (Å²) in [6.45, 7) is 7.81. The van der Waals surface area contributed by atoms with E-state index >= 15 is 0 Å². The van der Waals surface area contributed by atoms with E-state index in [1.54, 1.807) is 24.3 Å². The molecule has 0 amide bonds.